The fourth-order valence-electron chi connectivity index (χ4n) is 3.61. The summed E-state index contributed by atoms with van der Waals surface area (Å²) in [6, 6.07) is 6.11. The number of carbonyl (C=O) groups is 2. The van der Waals surface area contributed by atoms with Crippen LogP contribution in [0.5, 0.6) is 0 Å². The smallest absolute Gasteiger partial charge is 0.237 e. The summed E-state index contributed by atoms with van der Waals surface area (Å²) in [5, 5.41) is 0. The van der Waals surface area contributed by atoms with Gasteiger partial charge in [0.25, 0.3) is 0 Å². The largest absolute Gasteiger partial charge is 0.343 e. The lowest BCUT2D eigenvalue weighted by molar-refractivity contribution is -0.129. The number of likely N-dealkylation sites (tertiary alicyclic amines) is 1. The topological polar surface area (TPSA) is 40.6 Å². The lowest BCUT2D eigenvalue weighted by Gasteiger charge is -2.30. The van der Waals surface area contributed by atoms with E-state index in [0.29, 0.717) is 12.8 Å². The Labute approximate surface area is 133 Å². The Balaban J connectivity index is 1.99. The second-order valence-electron chi connectivity index (χ2n) is 6.26. The maximum absolute atomic E-state index is 12.8. The van der Waals surface area contributed by atoms with Crippen molar-refractivity contribution in [1.29, 1.82) is 0 Å². The van der Waals surface area contributed by atoms with Gasteiger partial charge in [-0.25, -0.2) is 0 Å². The van der Waals surface area contributed by atoms with E-state index in [1.54, 1.807) is 9.80 Å². The number of rotatable bonds is 2. The molecule has 2 aliphatic rings. The Morgan fingerprint density at radius 1 is 1.33 bits per heavy atom. The van der Waals surface area contributed by atoms with Crippen molar-refractivity contribution in [3.63, 3.8) is 0 Å². The van der Waals surface area contributed by atoms with Gasteiger partial charge in [0.15, 0.2) is 0 Å². The van der Waals surface area contributed by atoms with Crippen LogP contribution in [-0.2, 0) is 15.0 Å². The summed E-state index contributed by atoms with van der Waals surface area (Å²) in [5.74, 6) is 0.292. The molecule has 4 nitrogen and oxygen atoms in total. The van der Waals surface area contributed by atoms with Gasteiger partial charge in [-0.15, -0.1) is 0 Å². The molecule has 0 radical (unpaired) electrons. The number of carbonyl (C=O) groups excluding carboxylic acids is 2. The van der Waals surface area contributed by atoms with Gasteiger partial charge in [-0.3, -0.25) is 9.59 Å². The zero-order valence-corrected chi connectivity index (χ0v) is 14.1. The van der Waals surface area contributed by atoms with Gasteiger partial charge in [0.05, 0.1) is 5.41 Å². The molecular formula is C16H19BrN2O2. The first-order valence-corrected chi connectivity index (χ1v) is 7.98. The first-order valence-electron chi connectivity index (χ1n) is 7.18. The van der Waals surface area contributed by atoms with Crippen molar-refractivity contribution >= 4 is 33.4 Å². The fraction of sp³-hybridized carbons (Fsp3) is 0.500. The summed E-state index contributed by atoms with van der Waals surface area (Å²) in [4.78, 5) is 28.0. The predicted molar refractivity (Wildman–Crippen MR) is 85.3 cm³/mol. The number of likely N-dealkylation sites (N-methyl/N-ethyl adjacent to an activating group) is 1. The third kappa shape index (κ3) is 2.09. The molecule has 1 aromatic rings. The summed E-state index contributed by atoms with van der Waals surface area (Å²) in [6.45, 7) is 2.00. The van der Waals surface area contributed by atoms with Crippen LogP contribution in [0.4, 0.5) is 5.69 Å². The van der Waals surface area contributed by atoms with Crippen molar-refractivity contribution in [3.05, 3.63) is 28.2 Å². The first-order chi connectivity index (χ1) is 9.84. The highest BCUT2D eigenvalue weighted by molar-refractivity contribution is 9.10. The van der Waals surface area contributed by atoms with Crippen LogP contribution in [0.1, 0.15) is 31.7 Å². The summed E-state index contributed by atoms with van der Waals surface area (Å²) in [6.07, 6.45) is 2.11. The van der Waals surface area contributed by atoms with Crippen LogP contribution in [0.2, 0.25) is 0 Å². The summed E-state index contributed by atoms with van der Waals surface area (Å²) < 4.78 is 0.978. The molecule has 0 N–H and O–H groups in total. The number of amides is 2. The molecule has 2 amide bonds. The first kappa shape index (κ1) is 14.6. The van der Waals surface area contributed by atoms with Crippen LogP contribution in [-0.4, -0.2) is 36.9 Å². The quantitative estimate of drug-likeness (QED) is 0.822. The molecule has 0 aromatic heterocycles. The molecule has 2 atom stereocenters. The van der Waals surface area contributed by atoms with E-state index >= 15 is 0 Å². The van der Waals surface area contributed by atoms with Crippen LogP contribution in [0.25, 0.3) is 0 Å². The minimum atomic E-state index is -0.558. The van der Waals surface area contributed by atoms with Crippen molar-refractivity contribution in [2.24, 2.45) is 0 Å². The molecule has 0 spiro atoms. The molecule has 21 heavy (non-hydrogen) atoms. The van der Waals surface area contributed by atoms with E-state index in [1.807, 2.05) is 39.2 Å². The lowest BCUT2D eigenvalue weighted by Crippen LogP contribution is -2.42. The van der Waals surface area contributed by atoms with Crippen LogP contribution >= 0.6 is 15.9 Å². The second kappa shape index (κ2) is 4.83. The Hall–Kier alpha value is -1.36. The van der Waals surface area contributed by atoms with E-state index in [2.05, 4.69) is 15.9 Å². The van der Waals surface area contributed by atoms with Crippen LogP contribution in [0.15, 0.2) is 22.7 Å². The highest BCUT2D eigenvalue weighted by Gasteiger charge is 2.48. The molecule has 5 heteroatoms. The molecular weight excluding hydrogens is 332 g/mol. The maximum atomic E-state index is 12.8. The molecule has 0 bridgehead atoms. The van der Waals surface area contributed by atoms with E-state index in [-0.39, 0.29) is 17.9 Å². The van der Waals surface area contributed by atoms with Crippen LogP contribution < -0.4 is 4.90 Å². The summed E-state index contributed by atoms with van der Waals surface area (Å²) in [7, 11) is 3.66. The number of hydrogen-bond acceptors (Lipinski definition) is 2. The molecule has 0 saturated carbocycles. The molecule has 1 fully saturated rings. The molecule has 112 valence electrons. The predicted octanol–water partition coefficient (Wildman–Crippen LogP) is 2.69. The number of benzene rings is 1. The molecule has 2 aliphatic heterocycles. The highest BCUT2D eigenvalue weighted by Crippen LogP contribution is 2.46. The van der Waals surface area contributed by atoms with Crippen molar-refractivity contribution in [2.45, 2.75) is 37.6 Å². The fourth-order valence-corrected chi connectivity index (χ4v) is 3.97. The van der Waals surface area contributed by atoms with Crippen molar-refractivity contribution in [3.8, 4) is 0 Å². The SMILES string of the molecule is CN1C(=O)C(C)(CC2CCC(=O)N2C)c2cc(Br)ccc21. The van der Waals surface area contributed by atoms with E-state index in [1.165, 1.54) is 0 Å². The van der Waals surface area contributed by atoms with Crippen molar-refractivity contribution < 1.29 is 9.59 Å². The maximum Gasteiger partial charge on any atom is 0.237 e. The van der Waals surface area contributed by atoms with Crippen molar-refractivity contribution in [2.75, 3.05) is 19.0 Å². The van der Waals surface area contributed by atoms with Crippen molar-refractivity contribution in [1.82, 2.24) is 4.90 Å². The number of anilines is 1. The number of hydrogen-bond donors (Lipinski definition) is 0. The van der Waals surface area contributed by atoms with Crippen LogP contribution in [0.3, 0.4) is 0 Å². The van der Waals surface area contributed by atoms with E-state index < -0.39 is 5.41 Å². The normalized spacial score (nSPS) is 28.5. The summed E-state index contributed by atoms with van der Waals surface area (Å²) in [5.41, 5.74) is 1.46. The molecule has 2 unspecified atom stereocenters. The average molecular weight is 351 g/mol. The number of halogens is 1. The zero-order valence-electron chi connectivity index (χ0n) is 12.5. The minimum Gasteiger partial charge on any atom is -0.343 e. The average Bonchev–Trinajstić information content (AvgIpc) is 2.85. The molecule has 2 heterocycles. The second-order valence-corrected chi connectivity index (χ2v) is 7.17. The Morgan fingerprint density at radius 2 is 2.05 bits per heavy atom. The Kier molecular flexibility index (Phi) is 3.35. The third-order valence-corrected chi connectivity index (χ3v) is 5.46. The Bertz CT molecular complexity index is 631. The van der Waals surface area contributed by atoms with E-state index in [0.717, 1.165) is 22.1 Å². The minimum absolute atomic E-state index is 0.114. The molecule has 0 aliphatic carbocycles. The van der Waals surface area contributed by atoms with Gasteiger partial charge in [0.1, 0.15) is 0 Å². The standard InChI is InChI=1S/C16H19BrN2O2/c1-16(9-11-5-7-14(20)18(11)2)12-8-10(17)4-6-13(12)19(3)15(16)21/h4,6,8,11H,5,7,9H2,1-3H3. The molecule has 3 rings (SSSR count). The molecule has 1 saturated heterocycles. The van der Waals surface area contributed by atoms with Gasteiger partial charge < -0.3 is 9.80 Å². The zero-order chi connectivity index (χ0) is 15.4. The molecule has 1 aromatic carbocycles. The number of fused-ring (bicyclic) bond motifs is 1. The highest BCUT2D eigenvalue weighted by atomic mass is 79.9. The summed E-state index contributed by atoms with van der Waals surface area (Å²) >= 11 is 3.50. The Morgan fingerprint density at radius 3 is 2.67 bits per heavy atom. The van der Waals surface area contributed by atoms with Gasteiger partial charge in [-0.05, 0) is 43.5 Å². The third-order valence-electron chi connectivity index (χ3n) is 4.97. The van der Waals surface area contributed by atoms with Gasteiger partial charge >= 0.3 is 0 Å². The van der Waals surface area contributed by atoms with Gasteiger partial charge in [0.2, 0.25) is 11.8 Å². The van der Waals surface area contributed by atoms with E-state index in [9.17, 15) is 9.59 Å². The monoisotopic (exact) mass is 350 g/mol. The lowest BCUT2D eigenvalue weighted by atomic mass is 9.78. The van der Waals surface area contributed by atoms with Gasteiger partial charge in [-0.1, -0.05) is 15.9 Å². The van der Waals surface area contributed by atoms with E-state index in [4.69, 9.17) is 0 Å². The number of nitrogens with zero attached hydrogens (tertiary/aromatic N) is 2. The van der Waals surface area contributed by atoms with Gasteiger partial charge in [0, 0.05) is 36.7 Å². The van der Waals surface area contributed by atoms with Gasteiger partial charge in [-0.2, -0.15) is 0 Å². The van der Waals surface area contributed by atoms with Crippen LogP contribution in [0, 0.1) is 0 Å².